The SMILES string of the molecule is Cc1c(C(=O)NO)nn(-c2ccc(F)cc2)c1-c1ccc(F)cc1. The monoisotopic (exact) mass is 329 g/mol. The summed E-state index contributed by atoms with van der Waals surface area (Å²) in [6.07, 6.45) is 0. The number of hydrogen-bond donors (Lipinski definition) is 2. The van der Waals surface area contributed by atoms with Gasteiger partial charge in [-0.1, -0.05) is 0 Å². The highest BCUT2D eigenvalue weighted by Gasteiger charge is 2.21. The molecular formula is C17H13F2N3O2. The van der Waals surface area contributed by atoms with E-state index in [0.29, 0.717) is 22.5 Å². The minimum absolute atomic E-state index is 0.0150. The van der Waals surface area contributed by atoms with Crippen molar-refractivity contribution in [3.8, 4) is 16.9 Å². The molecule has 0 aliphatic rings. The van der Waals surface area contributed by atoms with E-state index >= 15 is 0 Å². The van der Waals surface area contributed by atoms with Crippen LogP contribution in [0.5, 0.6) is 0 Å². The number of hydrogen-bond acceptors (Lipinski definition) is 3. The molecule has 2 N–H and O–H groups in total. The van der Waals surface area contributed by atoms with Crippen LogP contribution in [0.3, 0.4) is 0 Å². The second-order valence-corrected chi connectivity index (χ2v) is 5.16. The molecule has 0 unspecified atom stereocenters. The van der Waals surface area contributed by atoms with E-state index in [-0.39, 0.29) is 5.69 Å². The predicted molar refractivity (Wildman–Crippen MR) is 82.9 cm³/mol. The molecule has 7 heteroatoms. The van der Waals surface area contributed by atoms with Crippen molar-refractivity contribution in [2.75, 3.05) is 0 Å². The van der Waals surface area contributed by atoms with Gasteiger partial charge in [0.1, 0.15) is 11.6 Å². The van der Waals surface area contributed by atoms with Crippen molar-refractivity contribution in [1.29, 1.82) is 0 Å². The van der Waals surface area contributed by atoms with Gasteiger partial charge in [0, 0.05) is 11.1 Å². The topological polar surface area (TPSA) is 67.2 Å². The molecule has 122 valence electrons. The fourth-order valence-electron chi connectivity index (χ4n) is 2.48. The zero-order valence-corrected chi connectivity index (χ0v) is 12.6. The number of aromatic nitrogens is 2. The van der Waals surface area contributed by atoms with Gasteiger partial charge in [-0.25, -0.2) is 18.9 Å². The van der Waals surface area contributed by atoms with Gasteiger partial charge in [-0.3, -0.25) is 10.0 Å². The Morgan fingerprint density at radius 2 is 1.58 bits per heavy atom. The highest BCUT2D eigenvalue weighted by Crippen LogP contribution is 2.29. The fourth-order valence-corrected chi connectivity index (χ4v) is 2.48. The summed E-state index contributed by atoms with van der Waals surface area (Å²) < 4.78 is 27.8. The summed E-state index contributed by atoms with van der Waals surface area (Å²) in [4.78, 5) is 11.8. The molecule has 1 amide bonds. The van der Waals surface area contributed by atoms with E-state index in [1.165, 1.54) is 41.1 Å². The van der Waals surface area contributed by atoms with Gasteiger partial charge >= 0.3 is 0 Å². The average molecular weight is 329 g/mol. The van der Waals surface area contributed by atoms with Crippen molar-refractivity contribution in [2.45, 2.75) is 6.92 Å². The molecule has 0 atom stereocenters. The van der Waals surface area contributed by atoms with E-state index in [0.717, 1.165) is 0 Å². The van der Waals surface area contributed by atoms with Crippen molar-refractivity contribution < 1.29 is 18.8 Å². The summed E-state index contributed by atoms with van der Waals surface area (Å²) in [5, 5.41) is 13.1. The third-order valence-corrected chi connectivity index (χ3v) is 3.63. The van der Waals surface area contributed by atoms with Crippen molar-refractivity contribution in [3.05, 3.63) is 71.4 Å². The summed E-state index contributed by atoms with van der Waals surface area (Å²) in [7, 11) is 0. The number of rotatable bonds is 3. The van der Waals surface area contributed by atoms with Crippen molar-refractivity contribution in [2.24, 2.45) is 0 Å². The van der Waals surface area contributed by atoms with E-state index in [2.05, 4.69) is 5.10 Å². The lowest BCUT2D eigenvalue weighted by Gasteiger charge is -2.09. The quantitative estimate of drug-likeness (QED) is 0.572. The van der Waals surface area contributed by atoms with Crippen LogP contribution in [-0.2, 0) is 0 Å². The number of nitrogens with zero attached hydrogens (tertiary/aromatic N) is 2. The number of benzene rings is 2. The van der Waals surface area contributed by atoms with Crippen LogP contribution >= 0.6 is 0 Å². The van der Waals surface area contributed by atoms with Crippen molar-refractivity contribution in [1.82, 2.24) is 15.3 Å². The number of nitrogens with one attached hydrogen (secondary N) is 1. The maximum atomic E-state index is 13.2. The largest absolute Gasteiger partial charge is 0.295 e. The van der Waals surface area contributed by atoms with Gasteiger partial charge in [0.25, 0.3) is 5.91 Å². The van der Waals surface area contributed by atoms with Crippen LogP contribution in [0.1, 0.15) is 16.1 Å². The highest BCUT2D eigenvalue weighted by molar-refractivity contribution is 5.94. The first-order valence-corrected chi connectivity index (χ1v) is 7.07. The molecule has 0 spiro atoms. The van der Waals surface area contributed by atoms with Crippen LogP contribution in [0.4, 0.5) is 8.78 Å². The Morgan fingerprint density at radius 3 is 2.12 bits per heavy atom. The molecule has 0 fully saturated rings. The van der Waals surface area contributed by atoms with Gasteiger partial charge in [-0.2, -0.15) is 5.10 Å². The summed E-state index contributed by atoms with van der Waals surface area (Å²) in [5.41, 5.74) is 3.75. The average Bonchev–Trinajstić information content (AvgIpc) is 2.93. The summed E-state index contributed by atoms with van der Waals surface area (Å²) in [5.74, 6) is -1.56. The molecule has 3 aromatic rings. The lowest BCUT2D eigenvalue weighted by molar-refractivity contribution is 0.0699. The maximum absolute atomic E-state index is 13.2. The molecular weight excluding hydrogens is 316 g/mol. The number of amides is 1. The zero-order valence-electron chi connectivity index (χ0n) is 12.6. The summed E-state index contributed by atoms with van der Waals surface area (Å²) >= 11 is 0. The maximum Gasteiger partial charge on any atom is 0.295 e. The zero-order chi connectivity index (χ0) is 17.3. The molecule has 0 aliphatic heterocycles. The number of carbonyl (C=O) groups is 1. The Bertz CT molecular complexity index is 887. The first kappa shape index (κ1) is 15.8. The molecule has 0 aliphatic carbocycles. The highest BCUT2D eigenvalue weighted by atomic mass is 19.1. The lowest BCUT2D eigenvalue weighted by atomic mass is 10.1. The van der Waals surface area contributed by atoms with Gasteiger partial charge in [0.15, 0.2) is 5.69 Å². The Kier molecular flexibility index (Phi) is 4.09. The van der Waals surface area contributed by atoms with Gasteiger partial charge in [-0.15, -0.1) is 0 Å². The third kappa shape index (κ3) is 2.77. The van der Waals surface area contributed by atoms with Gasteiger partial charge in [-0.05, 0) is 55.5 Å². The second-order valence-electron chi connectivity index (χ2n) is 5.16. The molecule has 3 rings (SSSR count). The second kappa shape index (κ2) is 6.21. The summed E-state index contributed by atoms with van der Waals surface area (Å²) in [6.45, 7) is 1.66. The number of halogens is 2. The molecule has 1 heterocycles. The van der Waals surface area contributed by atoms with E-state index < -0.39 is 17.5 Å². The van der Waals surface area contributed by atoms with Gasteiger partial charge in [0.2, 0.25) is 0 Å². The van der Waals surface area contributed by atoms with E-state index in [9.17, 15) is 13.6 Å². The normalized spacial score (nSPS) is 10.7. The first-order chi connectivity index (χ1) is 11.5. The van der Waals surface area contributed by atoms with Gasteiger partial charge < -0.3 is 0 Å². The van der Waals surface area contributed by atoms with Gasteiger partial charge in [0.05, 0.1) is 11.4 Å². The van der Waals surface area contributed by atoms with Crippen LogP contribution in [0.15, 0.2) is 48.5 Å². The Labute approximate surface area is 136 Å². The molecule has 0 saturated carbocycles. The lowest BCUT2D eigenvalue weighted by Crippen LogP contribution is -2.20. The Hall–Kier alpha value is -3.06. The minimum Gasteiger partial charge on any atom is -0.288 e. The predicted octanol–water partition coefficient (Wildman–Crippen LogP) is 3.24. The minimum atomic E-state index is -0.767. The van der Waals surface area contributed by atoms with Crippen molar-refractivity contribution in [3.63, 3.8) is 0 Å². The van der Waals surface area contributed by atoms with Crippen LogP contribution in [0, 0.1) is 18.6 Å². The molecule has 1 aromatic heterocycles. The van der Waals surface area contributed by atoms with Crippen molar-refractivity contribution >= 4 is 5.91 Å². The van der Waals surface area contributed by atoms with Crippen LogP contribution in [0.2, 0.25) is 0 Å². The van der Waals surface area contributed by atoms with E-state index in [1.807, 2.05) is 0 Å². The first-order valence-electron chi connectivity index (χ1n) is 7.07. The molecule has 2 aromatic carbocycles. The van der Waals surface area contributed by atoms with Crippen LogP contribution < -0.4 is 5.48 Å². The van der Waals surface area contributed by atoms with Crippen LogP contribution in [0.25, 0.3) is 16.9 Å². The smallest absolute Gasteiger partial charge is 0.288 e. The van der Waals surface area contributed by atoms with Crippen LogP contribution in [-0.4, -0.2) is 20.9 Å². The molecule has 0 radical (unpaired) electrons. The standard InChI is InChI=1S/C17H13F2N3O2/c1-10-15(17(23)21-24)20-22(14-8-6-13(19)7-9-14)16(10)11-2-4-12(18)5-3-11/h2-9,24H,1H3,(H,21,23). The number of hydroxylamine groups is 1. The Balaban J connectivity index is 2.24. The molecule has 0 saturated heterocycles. The van der Waals surface area contributed by atoms with E-state index in [4.69, 9.17) is 5.21 Å². The molecule has 24 heavy (non-hydrogen) atoms. The number of carbonyl (C=O) groups excluding carboxylic acids is 1. The Morgan fingerprint density at radius 1 is 1.04 bits per heavy atom. The fraction of sp³-hybridized carbons (Fsp3) is 0.0588. The summed E-state index contributed by atoms with van der Waals surface area (Å²) in [6, 6.07) is 11.3. The van der Waals surface area contributed by atoms with E-state index in [1.54, 1.807) is 24.5 Å². The molecule has 0 bridgehead atoms. The molecule has 5 nitrogen and oxygen atoms in total. The third-order valence-electron chi connectivity index (χ3n) is 3.63.